The quantitative estimate of drug-likeness (QED) is 0.416. The molecule has 0 aliphatic rings. The van der Waals surface area contributed by atoms with Crippen molar-refractivity contribution >= 4 is 40.5 Å². The van der Waals surface area contributed by atoms with Gasteiger partial charge in [-0.2, -0.15) is 5.10 Å². The Morgan fingerprint density at radius 2 is 1.96 bits per heavy atom. The van der Waals surface area contributed by atoms with E-state index in [2.05, 4.69) is 15.8 Å². The van der Waals surface area contributed by atoms with E-state index in [-0.39, 0.29) is 17.7 Å². The number of para-hydroxylation sites is 1. The number of nitro benzene ring substituents is 1. The summed E-state index contributed by atoms with van der Waals surface area (Å²) < 4.78 is 5.15. The van der Waals surface area contributed by atoms with Gasteiger partial charge in [0.15, 0.2) is 0 Å². The lowest BCUT2D eigenvalue weighted by molar-refractivity contribution is -0.385. The first-order valence-corrected chi connectivity index (χ1v) is 8.40. The van der Waals surface area contributed by atoms with Crippen molar-refractivity contribution < 1.29 is 19.2 Å². The van der Waals surface area contributed by atoms with Gasteiger partial charge in [-0.05, 0) is 31.2 Å². The lowest BCUT2D eigenvalue weighted by atomic mass is 10.2. The molecule has 28 heavy (non-hydrogen) atoms. The Morgan fingerprint density at radius 3 is 2.64 bits per heavy atom. The van der Waals surface area contributed by atoms with E-state index >= 15 is 0 Å². The second-order valence-corrected chi connectivity index (χ2v) is 6.07. The van der Waals surface area contributed by atoms with Crippen LogP contribution in [-0.4, -0.2) is 29.6 Å². The highest BCUT2D eigenvalue weighted by Gasteiger charge is 2.19. The predicted molar refractivity (Wildman–Crippen MR) is 105 cm³/mol. The number of nitrogens with zero attached hydrogens (tertiary/aromatic N) is 2. The molecule has 0 saturated carbocycles. The highest BCUT2D eigenvalue weighted by molar-refractivity contribution is 6.31. The molecule has 2 amide bonds. The van der Waals surface area contributed by atoms with Crippen molar-refractivity contribution in [2.24, 2.45) is 5.10 Å². The first kappa shape index (κ1) is 20.8. The van der Waals surface area contributed by atoms with Crippen LogP contribution in [0.2, 0.25) is 5.02 Å². The summed E-state index contributed by atoms with van der Waals surface area (Å²) in [6, 6.07) is 10.3. The van der Waals surface area contributed by atoms with Crippen LogP contribution < -0.4 is 15.5 Å². The number of ether oxygens (including phenoxy) is 1. The van der Waals surface area contributed by atoms with Crippen molar-refractivity contribution in [2.45, 2.75) is 13.3 Å². The first-order valence-electron chi connectivity index (χ1n) is 8.02. The first-order chi connectivity index (χ1) is 13.3. The van der Waals surface area contributed by atoms with Crippen LogP contribution in [-0.2, 0) is 4.79 Å². The van der Waals surface area contributed by atoms with E-state index in [0.29, 0.717) is 22.2 Å². The summed E-state index contributed by atoms with van der Waals surface area (Å²) in [6.45, 7) is 1.54. The van der Waals surface area contributed by atoms with Crippen molar-refractivity contribution in [3.05, 3.63) is 63.2 Å². The van der Waals surface area contributed by atoms with E-state index < -0.39 is 16.7 Å². The number of anilines is 1. The van der Waals surface area contributed by atoms with Crippen LogP contribution in [0.15, 0.2) is 47.6 Å². The van der Waals surface area contributed by atoms with E-state index in [0.717, 1.165) is 0 Å². The molecule has 146 valence electrons. The minimum absolute atomic E-state index is 0.118. The number of nitro groups is 1. The van der Waals surface area contributed by atoms with Crippen LogP contribution in [0.1, 0.15) is 23.7 Å². The summed E-state index contributed by atoms with van der Waals surface area (Å²) >= 11 is 5.91. The molecule has 0 aromatic heterocycles. The smallest absolute Gasteiger partial charge is 0.282 e. The van der Waals surface area contributed by atoms with Gasteiger partial charge < -0.3 is 10.1 Å². The molecular weight excluding hydrogens is 388 g/mol. The van der Waals surface area contributed by atoms with Crippen molar-refractivity contribution in [3.8, 4) is 5.75 Å². The highest BCUT2D eigenvalue weighted by Crippen LogP contribution is 2.27. The molecular formula is C18H17ClN4O5. The van der Waals surface area contributed by atoms with E-state index in [1.165, 1.54) is 38.3 Å². The molecule has 0 heterocycles. The fourth-order valence-corrected chi connectivity index (χ4v) is 2.45. The second-order valence-electron chi connectivity index (χ2n) is 5.63. The van der Waals surface area contributed by atoms with Crippen LogP contribution in [0.5, 0.6) is 5.75 Å². The van der Waals surface area contributed by atoms with Gasteiger partial charge in [-0.3, -0.25) is 19.7 Å². The van der Waals surface area contributed by atoms with E-state index in [9.17, 15) is 19.7 Å². The number of methoxy groups -OCH3 is 1. The SMILES string of the molecule is COc1ccc(Cl)cc1NC(=O)CC(C)=NNC(=O)c1ccccc1[N+](=O)[O-]. The van der Waals surface area contributed by atoms with Crippen LogP contribution in [0.4, 0.5) is 11.4 Å². The monoisotopic (exact) mass is 404 g/mol. The number of rotatable bonds is 7. The number of hydrogen-bond acceptors (Lipinski definition) is 6. The van der Waals surface area contributed by atoms with Gasteiger partial charge in [0, 0.05) is 16.8 Å². The number of hydrogen-bond donors (Lipinski definition) is 2. The zero-order valence-corrected chi connectivity index (χ0v) is 15.8. The Balaban J connectivity index is 2.01. The Labute approximate surface area is 165 Å². The molecule has 2 aromatic rings. The number of hydrazone groups is 1. The van der Waals surface area contributed by atoms with E-state index in [1.807, 2.05) is 0 Å². The summed E-state index contributed by atoms with van der Waals surface area (Å²) in [4.78, 5) is 34.6. The van der Waals surface area contributed by atoms with Gasteiger partial charge in [-0.15, -0.1) is 0 Å². The van der Waals surface area contributed by atoms with Crippen molar-refractivity contribution in [1.82, 2.24) is 5.43 Å². The van der Waals surface area contributed by atoms with Crippen molar-refractivity contribution in [3.63, 3.8) is 0 Å². The van der Waals surface area contributed by atoms with E-state index in [1.54, 1.807) is 18.2 Å². The lowest BCUT2D eigenvalue weighted by Crippen LogP contribution is -2.22. The second kappa shape index (κ2) is 9.47. The number of nitrogens with one attached hydrogen (secondary N) is 2. The van der Waals surface area contributed by atoms with Gasteiger partial charge in [-0.1, -0.05) is 23.7 Å². The van der Waals surface area contributed by atoms with Gasteiger partial charge in [0.1, 0.15) is 11.3 Å². The third-order valence-electron chi connectivity index (χ3n) is 3.55. The molecule has 0 unspecified atom stereocenters. The molecule has 0 aliphatic carbocycles. The normalized spacial score (nSPS) is 10.9. The fraction of sp³-hybridized carbons (Fsp3) is 0.167. The third-order valence-corrected chi connectivity index (χ3v) is 3.78. The molecule has 0 bridgehead atoms. The van der Waals surface area contributed by atoms with Gasteiger partial charge in [0.05, 0.1) is 24.1 Å². The standard InChI is InChI=1S/C18H17ClN4O5/c1-11(9-17(24)20-14-10-12(19)7-8-16(14)28-2)21-22-18(25)13-5-3-4-6-15(13)23(26)27/h3-8,10H,9H2,1-2H3,(H,20,24)(H,22,25). The zero-order valence-electron chi connectivity index (χ0n) is 15.1. The molecule has 10 heteroatoms. The maximum absolute atomic E-state index is 12.2. The number of halogens is 1. The van der Waals surface area contributed by atoms with Crippen LogP contribution >= 0.6 is 11.6 Å². The molecule has 2 aromatic carbocycles. The minimum Gasteiger partial charge on any atom is -0.495 e. The summed E-state index contributed by atoms with van der Waals surface area (Å²) in [5, 5.41) is 17.9. The largest absolute Gasteiger partial charge is 0.495 e. The van der Waals surface area contributed by atoms with Crippen molar-refractivity contribution in [1.29, 1.82) is 0 Å². The average molecular weight is 405 g/mol. The molecule has 0 aliphatic heterocycles. The summed E-state index contributed by atoms with van der Waals surface area (Å²) in [5.74, 6) is -0.706. The molecule has 0 spiro atoms. The van der Waals surface area contributed by atoms with Crippen LogP contribution in [0, 0.1) is 10.1 Å². The zero-order chi connectivity index (χ0) is 20.7. The Bertz CT molecular complexity index is 945. The molecule has 0 fully saturated rings. The Hall–Kier alpha value is -3.46. The van der Waals surface area contributed by atoms with Crippen LogP contribution in [0.3, 0.4) is 0 Å². The molecule has 9 nitrogen and oxygen atoms in total. The summed E-state index contributed by atoms with van der Waals surface area (Å²) in [6.07, 6.45) is -0.118. The number of amides is 2. The van der Waals surface area contributed by atoms with Crippen molar-refractivity contribution in [2.75, 3.05) is 12.4 Å². The number of carbonyl (C=O) groups excluding carboxylic acids is 2. The highest BCUT2D eigenvalue weighted by atomic mass is 35.5. The molecule has 0 radical (unpaired) electrons. The van der Waals surface area contributed by atoms with Gasteiger partial charge in [-0.25, -0.2) is 5.43 Å². The third kappa shape index (κ3) is 5.52. The molecule has 0 saturated heterocycles. The van der Waals surface area contributed by atoms with E-state index in [4.69, 9.17) is 16.3 Å². The summed E-state index contributed by atoms with van der Waals surface area (Å²) in [7, 11) is 1.46. The fourth-order valence-electron chi connectivity index (χ4n) is 2.28. The number of carbonyl (C=O) groups is 2. The Morgan fingerprint density at radius 1 is 1.25 bits per heavy atom. The molecule has 2 N–H and O–H groups in total. The predicted octanol–water partition coefficient (Wildman–Crippen LogP) is 3.39. The number of benzene rings is 2. The topological polar surface area (TPSA) is 123 Å². The average Bonchev–Trinajstić information content (AvgIpc) is 2.66. The van der Waals surface area contributed by atoms with Gasteiger partial charge in [0.25, 0.3) is 11.6 Å². The maximum atomic E-state index is 12.2. The summed E-state index contributed by atoms with van der Waals surface area (Å²) in [5.41, 5.74) is 2.45. The van der Waals surface area contributed by atoms with Gasteiger partial charge >= 0.3 is 0 Å². The molecule has 0 atom stereocenters. The maximum Gasteiger partial charge on any atom is 0.282 e. The minimum atomic E-state index is -0.747. The van der Waals surface area contributed by atoms with Gasteiger partial charge in [0.2, 0.25) is 5.91 Å². The lowest BCUT2D eigenvalue weighted by Gasteiger charge is -2.10. The Kier molecular flexibility index (Phi) is 7.05. The van der Waals surface area contributed by atoms with Crippen LogP contribution in [0.25, 0.3) is 0 Å². The molecule has 2 rings (SSSR count).